The smallest absolute Gasteiger partial charge is 0.255 e. The van der Waals surface area contributed by atoms with Crippen LogP contribution in [0.3, 0.4) is 0 Å². The Hall–Kier alpha value is -3.17. The topological polar surface area (TPSA) is 125 Å². The van der Waals surface area contributed by atoms with Crippen LogP contribution in [-0.4, -0.2) is 19.5 Å². The quantitative estimate of drug-likeness (QED) is 0.637. The van der Waals surface area contributed by atoms with E-state index >= 15 is 0 Å². The average molecular weight is 415 g/mol. The summed E-state index contributed by atoms with van der Waals surface area (Å²) in [5.41, 5.74) is 2.81. The summed E-state index contributed by atoms with van der Waals surface area (Å²) in [6.45, 7) is 5.56. The predicted octanol–water partition coefficient (Wildman–Crippen LogP) is 3.08. The van der Waals surface area contributed by atoms with E-state index in [1.54, 1.807) is 37.3 Å². The van der Waals surface area contributed by atoms with Crippen molar-refractivity contribution in [2.24, 2.45) is 5.14 Å². The predicted molar refractivity (Wildman–Crippen MR) is 107 cm³/mol. The van der Waals surface area contributed by atoms with Gasteiger partial charge in [0.2, 0.25) is 10.0 Å². The molecule has 0 bridgehead atoms. The molecule has 9 heteroatoms. The number of aromatic nitrogens is 1. The van der Waals surface area contributed by atoms with E-state index in [0.29, 0.717) is 34.9 Å². The Bertz CT molecular complexity index is 1130. The Morgan fingerprint density at radius 1 is 1.14 bits per heavy atom. The van der Waals surface area contributed by atoms with Crippen molar-refractivity contribution in [3.8, 4) is 5.75 Å². The molecule has 29 heavy (non-hydrogen) atoms. The lowest BCUT2D eigenvalue weighted by atomic mass is 10.1. The second-order valence-electron chi connectivity index (χ2n) is 6.54. The third-order valence-corrected chi connectivity index (χ3v) is 5.58. The summed E-state index contributed by atoms with van der Waals surface area (Å²) in [4.78, 5) is 12.5. The summed E-state index contributed by atoms with van der Waals surface area (Å²) >= 11 is 0. The molecule has 0 atom stereocenters. The first-order valence-electron chi connectivity index (χ1n) is 8.75. The number of sulfonamides is 1. The molecule has 8 nitrogen and oxygen atoms in total. The standard InChI is InChI=1S/C20H21N3O5S/c1-12-18(5-4-6-19(12)29(21,25)26)22-20(24)15-7-9-16(10-8-15)27-11-17-13(2)23-28-14(17)3/h4-10H,11H2,1-3H3,(H,22,24)(H2,21,25,26). The number of aryl methyl sites for hydroxylation is 2. The maximum absolute atomic E-state index is 12.5. The maximum atomic E-state index is 12.5. The van der Waals surface area contributed by atoms with E-state index in [1.165, 1.54) is 12.1 Å². The van der Waals surface area contributed by atoms with Crippen LogP contribution in [0.25, 0.3) is 0 Å². The van der Waals surface area contributed by atoms with Crippen molar-refractivity contribution in [3.63, 3.8) is 0 Å². The van der Waals surface area contributed by atoms with Crippen molar-refractivity contribution in [1.29, 1.82) is 0 Å². The van der Waals surface area contributed by atoms with Crippen LogP contribution in [0.15, 0.2) is 51.9 Å². The van der Waals surface area contributed by atoms with Crippen LogP contribution in [0.1, 0.15) is 32.9 Å². The second kappa shape index (κ2) is 8.06. The van der Waals surface area contributed by atoms with E-state index < -0.39 is 10.0 Å². The number of nitrogens with one attached hydrogen (secondary N) is 1. The molecule has 0 aliphatic rings. The van der Waals surface area contributed by atoms with Gasteiger partial charge in [0.15, 0.2) is 0 Å². The molecule has 1 aromatic heterocycles. The molecule has 1 amide bonds. The van der Waals surface area contributed by atoms with Gasteiger partial charge in [0.1, 0.15) is 18.1 Å². The first-order valence-corrected chi connectivity index (χ1v) is 10.3. The summed E-state index contributed by atoms with van der Waals surface area (Å²) in [5, 5.41) is 11.8. The Morgan fingerprint density at radius 2 is 1.83 bits per heavy atom. The van der Waals surface area contributed by atoms with E-state index in [4.69, 9.17) is 14.4 Å². The van der Waals surface area contributed by atoms with Crippen LogP contribution in [0.4, 0.5) is 5.69 Å². The minimum Gasteiger partial charge on any atom is -0.489 e. The summed E-state index contributed by atoms with van der Waals surface area (Å²) in [5.74, 6) is 0.918. The van der Waals surface area contributed by atoms with Gasteiger partial charge in [-0.2, -0.15) is 0 Å². The highest BCUT2D eigenvalue weighted by Crippen LogP contribution is 2.23. The molecule has 1 heterocycles. The van der Waals surface area contributed by atoms with Gasteiger partial charge in [-0.1, -0.05) is 11.2 Å². The minimum atomic E-state index is -3.87. The first kappa shape index (κ1) is 20.6. The third-order valence-electron chi connectivity index (χ3n) is 4.52. The van der Waals surface area contributed by atoms with Crippen LogP contribution in [0.2, 0.25) is 0 Å². The molecule has 0 aliphatic heterocycles. The molecular weight excluding hydrogens is 394 g/mol. The third kappa shape index (κ3) is 4.64. The molecular formula is C20H21N3O5S. The van der Waals surface area contributed by atoms with Crippen LogP contribution in [0.5, 0.6) is 5.75 Å². The van der Waals surface area contributed by atoms with Gasteiger partial charge in [0.25, 0.3) is 5.91 Å². The molecule has 3 N–H and O–H groups in total. The highest BCUT2D eigenvalue weighted by Gasteiger charge is 2.16. The number of primary sulfonamides is 1. The zero-order valence-electron chi connectivity index (χ0n) is 16.2. The lowest BCUT2D eigenvalue weighted by Crippen LogP contribution is -2.17. The van der Waals surface area contributed by atoms with Gasteiger partial charge in [0.05, 0.1) is 16.2 Å². The highest BCUT2D eigenvalue weighted by molar-refractivity contribution is 7.89. The monoisotopic (exact) mass is 415 g/mol. The molecule has 3 rings (SSSR count). The summed E-state index contributed by atoms with van der Waals surface area (Å²) in [6, 6.07) is 11.1. The van der Waals surface area contributed by atoms with Crippen LogP contribution in [-0.2, 0) is 16.6 Å². The van der Waals surface area contributed by atoms with Crippen molar-refractivity contribution >= 4 is 21.6 Å². The number of amides is 1. The number of carbonyl (C=O) groups is 1. The summed E-state index contributed by atoms with van der Waals surface area (Å²) in [7, 11) is -3.87. The second-order valence-corrected chi connectivity index (χ2v) is 8.07. The Labute approximate surface area is 168 Å². The van der Waals surface area contributed by atoms with Crippen LogP contribution < -0.4 is 15.2 Å². The number of hydrogen-bond donors (Lipinski definition) is 2. The molecule has 0 aliphatic carbocycles. The molecule has 2 aromatic carbocycles. The van der Waals surface area contributed by atoms with Gasteiger partial charge in [-0.15, -0.1) is 0 Å². The lowest BCUT2D eigenvalue weighted by Gasteiger charge is -2.12. The van der Waals surface area contributed by atoms with Gasteiger partial charge < -0.3 is 14.6 Å². The number of nitrogens with zero attached hydrogens (tertiary/aromatic N) is 1. The fourth-order valence-corrected chi connectivity index (χ4v) is 3.62. The molecule has 3 aromatic rings. The molecule has 0 spiro atoms. The number of carbonyl (C=O) groups excluding carboxylic acids is 1. The number of rotatable bonds is 6. The molecule has 0 unspecified atom stereocenters. The van der Waals surface area contributed by atoms with E-state index in [-0.39, 0.29) is 10.8 Å². The first-order chi connectivity index (χ1) is 13.7. The van der Waals surface area contributed by atoms with E-state index in [0.717, 1.165) is 11.3 Å². The molecule has 0 radical (unpaired) electrons. The fraction of sp³-hybridized carbons (Fsp3) is 0.200. The van der Waals surface area contributed by atoms with Gasteiger partial charge in [-0.3, -0.25) is 4.79 Å². The van der Waals surface area contributed by atoms with Crippen molar-refractivity contribution in [2.75, 3.05) is 5.32 Å². The number of ether oxygens (including phenoxy) is 1. The Kier molecular flexibility index (Phi) is 5.71. The fourth-order valence-electron chi connectivity index (χ4n) is 2.82. The Balaban J connectivity index is 1.70. The zero-order chi connectivity index (χ0) is 21.2. The van der Waals surface area contributed by atoms with Crippen LogP contribution >= 0.6 is 0 Å². The van der Waals surface area contributed by atoms with Crippen molar-refractivity contribution in [2.45, 2.75) is 32.3 Å². The van der Waals surface area contributed by atoms with E-state index in [1.807, 2.05) is 13.8 Å². The molecule has 152 valence electrons. The summed E-state index contributed by atoms with van der Waals surface area (Å²) in [6.07, 6.45) is 0. The Morgan fingerprint density at radius 3 is 2.41 bits per heavy atom. The molecule has 0 fully saturated rings. The van der Waals surface area contributed by atoms with Gasteiger partial charge in [-0.25, -0.2) is 13.6 Å². The number of hydrogen-bond acceptors (Lipinski definition) is 6. The van der Waals surface area contributed by atoms with Crippen molar-refractivity contribution in [1.82, 2.24) is 5.16 Å². The van der Waals surface area contributed by atoms with Gasteiger partial charge in [-0.05, 0) is 62.7 Å². The summed E-state index contributed by atoms with van der Waals surface area (Å²) < 4.78 is 34.1. The SMILES string of the molecule is Cc1noc(C)c1COc1ccc(C(=O)Nc2cccc(S(N)(=O)=O)c2C)cc1. The average Bonchev–Trinajstić information content (AvgIpc) is 2.99. The zero-order valence-corrected chi connectivity index (χ0v) is 17.0. The normalized spacial score (nSPS) is 11.3. The lowest BCUT2D eigenvalue weighted by molar-refractivity contribution is 0.102. The number of benzene rings is 2. The van der Waals surface area contributed by atoms with Gasteiger partial charge >= 0.3 is 0 Å². The largest absolute Gasteiger partial charge is 0.489 e. The minimum absolute atomic E-state index is 0.0293. The van der Waals surface area contributed by atoms with Crippen LogP contribution in [0, 0.1) is 20.8 Å². The van der Waals surface area contributed by atoms with E-state index in [9.17, 15) is 13.2 Å². The highest BCUT2D eigenvalue weighted by atomic mass is 32.2. The maximum Gasteiger partial charge on any atom is 0.255 e. The number of nitrogens with two attached hydrogens (primary N) is 1. The van der Waals surface area contributed by atoms with Crippen molar-refractivity contribution < 1.29 is 22.5 Å². The van der Waals surface area contributed by atoms with Gasteiger partial charge in [0, 0.05) is 11.3 Å². The number of anilines is 1. The van der Waals surface area contributed by atoms with Crippen molar-refractivity contribution in [3.05, 3.63) is 70.6 Å². The molecule has 0 saturated carbocycles. The van der Waals surface area contributed by atoms with E-state index in [2.05, 4.69) is 10.5 Å². The molecule has 0 saturated heterocycles.